The summed E-state index contributed by atoms with van der Waals surface area (Å²) in [5, 5.41) is 5.99. The highest BCUT2D eigenvalue weighted by Crippen LogP contribution is 2.18. The SMILES string of the molecule is O=C(NCc1c(F)cccc1Cl)Nc1ccc(Cl)cc1. The van der Waals surface area contributed by atoms with Gasteiger partial charge in [0.25, 0.3) is 0 Å². The lowest BCUT2D eigenvalue weighted by atomic mass is 10.2. The van der Waals surface area contributed by atoms with Gasteiger partial charge in [-0.25, -0.2) is 9.18 Å². The fourth-order valence-electron chi connectivity index (χ4n) is 1.58. The van der Waals surface area contributed by atoms with Crippen molar-refractivity contribution in [2.24, 2.45) is 0 Å². The molecule has 0 aliphatic carbocycles. The molecule has 0 heterocycles. The van der Waals surface area contributed by atoms with Crippen LogP contribution in [0.25, 0.3) is 0 Å². The summed E-state index contributed by atoms with van der Waals surface area (Å²) in [5.41, 5.74) is 0.840. The van der Waals surface area contributed by atoms with Crippen molar-refractivity contribution >= 4 is 34.9 Å². The number of halogens is 3. The van der Waals surface area contributed by atoms with Crippen LogP contribution >= 0.6 is 23.2 Å². The van der Waals surface area contributed by atoms with Gasteiger partial charge in [0.2, 0.25) is 0 Å². The molecule has 0 bridgehead atoms. The molecule has 0 aliphatic rings. The van der Waals surface area contributed by atoms with Gasteiger partial charge in [-0.3, -0.25) is 0 Å². The van der Waals surface area contributed by atoms with Crippen molar-refractivity contribution in [1.82, 2.24) is 5.32 Å². The third-order valence-corrected chi connectivity index (χ3v) is 3.20. The number of carbonyl (C=O) groups excluding carboxylic acids is 1. The number of anilines is 1. The van der Waals surface area contributed by atoms with Gasteiger partial charge in [-0.2, -0.15) is 0 Å². The summed E-state index contributed by atoms with van der Waals surface area (Å²) in [6.07, 6.45) is 0. The molecule has 0 saturated carbocycles. The van der Waals surface area contributed by atoms with Crippen LogP contribution in [0.3, 0.4) is 0 Å². The second-order valence-electron chi connectivity index (χ2n) is 4.01. The van der Waals surface area contributed by atoms with Gasteiger partial charge in [-0.1, -0.05) is 29.3 Å². The molecule has 0 spiro atoms. The molecule has 104 valence electrons. The van der Waals surface area contributed by atoms with Crippen LogP contribution in [0, 0.1) is 5.82 Å². The molecule has 2 N–H and O–H groups in total. The number of carbonyl (C=O) groups is 1. The quantitative estimate of drug-likeness (QED) is 0.863. The van der Waals surface area contributed by atoms with Crippen molar-refractivity contribution in [1.29, 1.82) is 0 Å². The predicted octanol–water partition coefficient (Wildman–Crippen LogP) is 4.45. The monoisotopic (exact) mass is 312 g/mol. The third-order valence-electron chi connectivity index (χ3n) is 2.59. The summed E-state index contributed by atoms with van der Waals surface area (Å²) in [5.74, 6) is -0.454. The first kappa shape index (κ1) is 14.6. The van der Waals surface area contributed by atoms with Crippen LogP contribution in [0.5, 0.6) is 0 Å². The van der Waals surface area contributed by atoms with E-state index in [9.17, 15) is 9.18 Å². The van der Waals surface area contributed by atoms with Crippen LogP contribution in [-0.4, -0.2) is 6.03 Å². The van der Waals surface area contributed by atoms with Gasteiger partial charge in [0.1, 0.15) is 5.82 Å². The minimum Gasteiger partial charge on any atom is -0.334 e. The first-order valence-electron chi connectivity index (χ1n) is 5.79. The number of rotatable bonds is 3. The maximum atomic E-state index is 13.5. The van der Waals surface area contributed by atoms with E-state index in [-0.39, 0.29) is 17.1 Å². The molecule has 0 atom stereocenters. The Hall–Kier alpha value is -1.78. The molecule has 0 fully saturated rings. The molecule has 0 unspecified atom stereocenters. The van der Waals surface area contributed by atoms with E-state index in [1.165, 1.54) is 12.1 Å². The molecule has 0 saturated heterocycles. The molecule has 3 nitrogen and oxygen atoms in total. The van der Waals surface area contributed by atoms with Crippen LogP contribution in [0.15, 0.2) is 42.5 Å². The van der Waals surface area contributed by atoms with Gasteiger partial charge in [0.05, 0.1) is 0 Å². The lowest BCUT2D eigenvalue weighted by Crippen LogP contribution is -2.28. The average Bonchev–Trinajstić information content (AvgIpc) is 2.41. The Morgan fingerprint density at radius 3 is 2.45 bits per heavy atom. The molecule has 2 amide bonds. The molecular weight excluding hydrogens is 302 g/mol. The zero-order chi connectivity index (χ0) is 14.5. The zero-order valence-electron chi connectivity index (χ0n) is 10.3. The number of benzene rings is 2. The Bertz CT molecular complexity index is 597. The minimum atomic E-state index is -0.454. The van der Waals surface area contributed by atoms with Gasteiger partial charge in [0.15, 0.2) is 0 Å². The molecule has 0 aliphatic heterocycles. The minimum absolute atomic E-state index is 0.00489. The number of nitrogens with one attached hydrogen (secondary N) is 2. The Labute approximate surface area is 125 Å². The summed E-state index contributed by atoms with van der Waals surface area (Å²) in [6.45, 7) is 0.00489. The first-order valence-corrected chi connectivity index (χ1v) is 6.55. The van der Waals surface area contributed by atoms with E-state index in [1.54, 1.807) is 30.3 Å². The van der Waals surface area contributed by atoms with E-state index in [2.05, 4.69) is 10.6 Å². The fourth-order valence-corrected chi connectivity index (χ4v) is 1.93. The van der Waals surface area contributed by atoms with Gasteiger partial charge >= 0.3 is 6.03 Å². The molecular formula is C14H11Cl2FN2O. The lowest BCUT2D eigenvalue weighted by Gasteiger charge is -2.09. The summed E-state index contributed by atoms with van der Waals surface area (Å²) in [6, 6.07) is 10.6. The Balaban J connectivity index is 1.94. The molecule has 2 rings (SSSR count). The Morgan fingerprint density at radius 2 is 1.80 bits per heavy atom. The lowest BCUT2D eigenvalue weighted by molar-refractivity contribution is 0.251. The molecule has 2 aromatic rings. The molecule has 6 heteroatoms. The number of hydrogen-bond donors (Lipinski definition) is 2. The van der Waals surface area contributed by atoms with Crippen LogP contribution in [0.2, 0.25) is 10.0 Å². The summed E-state index contributed by atoms with van der Waals surface area (Å²) in [4.78, 5) is 11.7. The predicted molar refractivity (Wildman–Crippen MR) is 78.7 cm³/mol. The number of hydrogen-bond acceptors (Lipinski definition) is 1. The summed E-state index contributed by atoms with van der Waals surface area (Å²) in [7, 11) is 0. The fraction of sp³-hybridized carbons (Fsp3) is 0.0714. The van der Waals surface area contributed by atoms with Crippen molar-refractivity contribution in [2.45, 2.75) is 6.54 Å². The maximum Gasteiger partial charge on any atom is 0.319 e. The van der Waals surface area contributed by atoms with Crippen molar-refractivity contribution in [3.63, 3.8) is 0 Å². The maximum absolute atomic E-state index is 13.5. The van der Waals surface area contributed by atoms with Gasteiger partial charge < -0.3 is 10.6 Å². The molecule has 2 aromatic carbocycles. The largest absolute Gasteiger partial charge is 0.334 e. The van der Waals surface area contributed by atoms with Crippen molar-refractivity contribution < 1.29 is 9.18 Å². The van der Waals surface area contributed by atoms with E-state index in [0.29, 0.717) is 10.7 Å². The molecule has 20 heavy (non-hydrogen) atoms. The molecule has 0 aromatic heterocycles. The summed E-state index contributed by atoms with van der Waals surface area (Å²) >= 11 is 11.6. The Morgan fingerprint density at radius 1 is 1.10 bits per heavy atom. The van der Waals surface area contributed by atoms with E-state index < -0.39 is 11.8 Å². The van der Waals surface area contributed by atoms with E-state index in [4.69, 9.17) is 23.2 Å². The second-order valence-corrected chi connectivity index (χ2v) is 4.86. The zero-order valence-corrected chi connectivity index (χ0v) is 11.8. The smallest absolute Gasteiger partial charge is 0.319 e. The average molecular weight is 313 g/mol. The van der Waals surface area contributed by atoms with Gasteiger partial charge in [0, 0.05) is 27.8 Å². The first-order chi connectivity index (χ1) is 9.56. The second kappa shape index (κ2) is 6.59. The third kappa shape index (κ3) is 3.85. The number of urea groups is 1. The van der Waals surface area contributed by atoms with Crippen molar-refractivity contribution in [3.05, 3.63) is 63.9 Å². The van der Waals surface area contributed by atoms with E-state index in [1.807, 2.05) is 0 Å². The standard InChI is InChI=1S/C14H11Cl2FN2O/c15-9-4-6-10(7-5-9)19-14(20)18-8-11-12(16)2-1-3-13(11)17/h1-7H,8H2,(H2,18,19,20). The summed E-state index contributed by atoms with van der Waals surface area (Å²) < 4.78 is 13.5. The number of amides is 2. The highest BCUT2D eigenvalue weighted by molar-refractivity contribution is 6.31. The topological polar surface area (TPSA) is 41.1 Å². The Kier molecular flexibility index (Phi) is 4.82. The van der Waals surface area contributed by atoms with Crippen LogP contribution in [0.1, 0.15) is 5.56 Å². The van der Waals surface area contributed by atoms with Gasteiger partial charge in [-0.15, -0.1) is 0 Å². The van der Waals surface area contributed by atoms with E-state index in [0.717, 1.165) is 0 Å². The van der Waals surface area contributed by atoms with Crippen LogP contribution in [-0.2, 0) is 6.54 Å². The van der Waals surface area contributed by atoms with Crippen LogP contribution in [0.4, 0.5) is 14.9 Å². The van der Waals surface area contributed by atoms with E-state index >= 15 is 0 Å². The highest BCUT2D eigenvalue weighted by Gasteiger charge is 2.08. The highest BCUT2D eigenvalue weighted by atomic mass is 35.5. The van der Waals surface area contributed by atoms with Crippen molar-refractivity contribution in [2.75, 3.05) is 5.32 Å². The van der Waals surface area contributed by atoms with Crippen molar-refractivity contribution in [3.8, 4) is 0 Å². The van der Waals surface area contributed by atoms with Crippen LogP contribution < -0.4 is 10.6 Å². The van der Waals surface area contributed by atoms with Gasteiger partial charge in [-0.05, 0) is 36.4 Å². The normalized spacial score (nSPS) is 10.2. The molecule has 0 radical (unpaired) electrons.